The number of aromatic nitrogens is 1. The third-order valence-corrected chi connectivity index (χ3v) is 2.74. The van der Waals surface area contributed by atoms with Gasteiger partial charge < -0.3 is 4.74 Å². The molecule has 104 valence electrons. The molecule has 0 spiro atoms. The molecule has 19 heavy (non-hydrogen) atoms. The maximum absolute atomic E-state index is 14.1. The van der Waals surface area contributed by atoms with Crippen molar-refractivity contribution in [3.63, 3.8) is 0 Å². The van der Waals surface area contributed by atoms with Gasteiger partial charge in [0.25, 0.3) is 0 Å². The zero-order valence-corrected chi connectivity index (χ0v) is 12.5. The van der Waals surface area contributed by atoms with Gasteiger partial charge in [0, 0.05) is 5.56 Å². The van der Waals surface area contributed by atoms with Crippen LogP contribution < -0.4 is 0 Å². The Balaban J connectivity index is 3.31. The Morgan fingerprint density at radius 3 is 2.53 bits per heavy atom. The monoisotopic (exact) mass is 333 g/mol. The molecule has 1 heterocycles. The lowest BCUT2D eigenvalue weighted by atomic mass is 10.1. The molecule has 0 aliphatic carbocycles. The Morgan fingerprint density at radius 1 is 1.47 bits per heavy atom. The summed E-state index contributed by atoms with van der Waals surface area (Å²) in [6, 6.07) is 0. The van der Waals surface area contributed by atoms with Gasteiger partial charge in [0.2, 0.25) is 5.95 Å². The predicted molar refractivity (Wildman–Crippen MR) is 70.9 cm³/mol. The fourth-order valence-corrected chi connectivity index (χ4v) is 1.85. The van der Waals surface area contributed by atoms with Crippen LogP contribution in [-0.4, -0.2) is 16.6 Å². The summed E-state index contributed by atoms with van der Waals surface area (Å²) in [4.78, 5) is 15.3. The van der Waals surface area contributed by atoms with Crippen molar-refractivity contribution in [1.29, 1.82) is 0 Å². The van der Waals surface area contributed by atoms with E-state index in [2.05, 4.69) is 27.5 Å². The molecule has 0 radical (unpaired) electrons. The number of hydrogen-bond donors (Lipinski definition) is 0. The molecular formula is C13H14BrF2NO2. The molecule has 0 amide bonds. The first kappa shape index (κ1) is 15.8. The highest BCUT2D eigenvalue weighted by Gasteiger charge is 2.28. The van der Waals surface area contributed by atoms with E-state index < -0.39 is 28.9 Å². The van der Waals surface area contributed by atoms with E-state index in [0.717, 1.165) is 0 Å². The fraction of sp³-hybridized carbons (Fsp3) is 0.385. The van der Waals surface area contributed by atoms with Gasteiger partial charge in [-0.1, -0.05) is 6.08 Å². The summed E-state index contributed by atoms with van der Waals surface area (Å²) >= 11 is 2.95. The van der Waals surface area contributed by atoms with E-state index in [4.69, 9.17) is 4.74 Å². The lowest BCUT2D eigenvalue weighted by molar-refractivity contribution is 0.00580. The summed E-state index contributed by atoms with van der Waals surface area (Å²) in [5.74, 6) is -3.26. The zero-order valence-electron chi connectivity index (χ0n) is 10.9. The molecule has 1 aromatic rings. The van der Waals surface area contributed by atoms with Crippen molar-refractivity contribution in [2.45, 2.75) is 32.8 Å². The average molecular weight is 334 g/mol. The number of nitrogens with zero attached hydrogens (tertiary/aromatic N) is 1. The molecule has 0 fully saturated rings. The molecule has 0 aromatic carbocycles. The van der Waals surface area contributed by atoms with Gasteiger partial charge >= 0.3 is 5.97 Å². The number of hydrogen-bond acceptors (Lipinski definition) is 3. The summed E-state index contributed by atoms with van der Waals surface area (Å²) in [6.07, 6.45) is 1.55. The molecular weight excluding hydrogens is 320 g/mol. The van der Waals surface area contributed by atoms with Crippen LogP contribution in [0.5, 0.6) is 0 Å². The summed E-state index contributed by atoms with van der Waals surface area (Å²) in [7, 11) is 0. The Bertz CT molecular complexity index is 524. The van der Waals surface area contributed by atoms with Crippen LogP contribution in [0.2, 0.25) is 0 Å². The lowest BCUT2D eigenvalue weighted by Gasteiger charge is -2.20. The zero-order chi connectivity index (χ0) is 14.8. The number of carbonyl (C=O) groups is 1. The van der Waals surface area contributed by atoms with Crippen molar-refractivity contribution in [3.8, 4) is 0 Å². The second-order valence-electron chi connectivity index (χ2n) is 4.86. The molecule has 0 saturated heterocycles. The molecule has 0 N–H and O–H groups in total. The highest BCUT2D eigenvalue weighted by molar-refractivity contribution is 9.10. The number of pyridine rings is 1. The van der Waals surface area contributed by atoms with Crippen LogP contribution in [0.25, 0.3) is 0 Å². The minimum Gasteiger partial charge on any atom is -0.456 e. The Labute approximate surface area is 118 Å². The van der Waals surface area contributed by atoms with Gasteiger partial charge in [-0.2, -0.15) is 4.39 Å². The maximum atomic E-state index is 14.1. The molecule has 0 bridgehead atoms. The number of allylic oxidation sites excluding steroid dienone is 1. The van der Waals surface area contributed by atoms with Gasteiger partial charge in [-0.05, 0) is 43.1 Å². The average Bonchev–Trinajstić information content (AvgIpc) is 2.21. The van der Waals surface area contributed by atoms with Gasteiger partial charge in [0.05, 0.1) is 0 Å². The molecule has 0 saturated carbocycles. The first-order valence-corrected chi connectivity index (χ1v) is 6.34. The Morgan fingerprint density at radius 2 is 2.05 bits per heavy atom. The van der Waals surface area contributed by atoms with Crippen LogP contribution in [-0.2, 0) is 11.2 Å². The third-order valence-electron chi connectivity index (χ3n) is 2.09. The topological polar surface area (TPSA) is 39.2 Å². The van der Waals surface area contributed by atoms with E-state index in [0.29, 0.717) is 0 Å². The molecule has 0 aliphatic heterocycles. The van der Waals surface area contributed by atoms with Crippen molar-refractivity contribution >= 4 is 21.9 Å². The SMILES string of the molecule is C=CCc1c(Br)nc(F)c(C(=O)OC(C)(C)C)c1F. The molecule has 3 nitrogen and oxygen atoms in total. The van der Waals surface area contributed by atoms with Crippen molar-refractivity contribution in [2.75, 3.05) is 0 Å². The second kappa shape index (κ2) is 5.77. The molecule has 0 aliphatic rings. The number of rotatable bonds is 3. The van der Waals surface area contributed by atoms with Crippen LogP contribution >= 0.6 is 15.9 Å². The standard InChI is InChI=1S/C13H14BrF2NO2/c1-5-6-7-9(15)8(11(16)17-10(7)14)12(18)19-13(2,3)4/h5H,1,6H2,2-4H3. The van der Waals surface area contributed by atoms with Crippen LogP contribution in [0.4, 0.5) is 8.78 Å². The van der Waals surface area contributed by atoms with Gasteiger partial charge in [0.15, 0.2) is 5.56 Å². The van der Waals surface area contributed by atoms with E-state index in [1.165, 1.54) is 6.08 Å². The van der Waals surface area contributed by atoms with E-state index in [1.807, 2.05) is 0 Å². The first-order valence-electron chi connectivity index (χ1n) is 5.55. The third kappa shape index (κ3) is 3.83. The van der Waals surface area contributed by atoms with Crippen molar-refractivity contribution in [3.05, 3.63) is 40.1 Å². The van der Waals surface area contributed by atoms with Crippen molar-refractivity contribution in [1.82, 2.24) is 4.98 Å². The van der Waals surface area contributed by atoms with E-state index >= 15 is 0 Å². The van der Waals surface area contributed by atoms with Crippen molar-refractivity contribution in [2.24, 2.45) is 0 Å². The predicted octanol–water partition coefficient (Wildman–Crippen LogP) is 3.81. The second-order valence-corrected chi connectivity index (χ2v) is 5.61. The fourth-order valence-electron chi connectivity index (χ4n) is 1.36. The highest BCUT2D eigenvalue weighted by Crippen LogP contribution is 2.25. The maximum Gasteiger partial charge on any atom is 0.346 e. The van der Waals surface area contributed by atoms with Crippen LogP contribution in [0.1, 0.15) is 36.7 Å². The Kier molecular flexibility index (Phi) is 4.79. The number of ether oxygens (including phenoxy) is 1. The minimum atomic E-state index is -1.20. The lowest BCUT2D eigenvalue weighted by Crippen LogP contribution is -2.26. The van der Waals surface area contributed by atoms with Crippen LogP contribution in [0.3, 0.4) is 0 Å². The van der Waals surface area contributed by atoms with Gasteiger partial charge in [0.1, 0.15) is 16.0 Å². The molecule has 1 rings (SSSR count). The smallest absolute Gasteiger partial charge is 0.346 e. The van der Waals surface area contributed by atoms with Gasteiger partial charge in [-0.15, -0.1) is 6.58 Å². The van der Waals surface area contributed by atoms with Gasteiger partial charge in [-0.25, -0.2) is 14.2 Å². The number of halogens is 3. The van der Waals surface area contributed by atoms with Crippen LogP contribution in [0, 0.1) is 11.8 Å². The van der Waals surface area contributed by atoms with Gasteiger partial charge in [-0.3, -0.25) is 0 Å². The highest BCUT2D eigenvalue weighted by atomic mass is 79.9. The van der Waals surface area contributed by atoms with E-state index in [1.54, 1.807) is 20.8 Å². The summed E-state index contributed by atoms with van der Waals surface area (Å²) in [6.45, 7) is 8.30. The first-order chi connectivity index (χ1) is 8.67. The summed E-state index contributed by atoms with van der Waals surface area (Å²) < 4.78 is 32.8. The minimum absolute atomic E-state index is 0.00899. The quantitative estimate of drug-likeness (QED) is 0.479. The summed E-state index contributed by atoms with van der Waals surface area (Å²) in [5, 5.41) is 0. The van der Waals surface area contributed by atoms with E-state index in [-0.39, 0.29) is 16.6 Å². The van der Waals surface area contributed by atoms with Crippen LogP contribution in [0.15, 0.2) is 17.3 Å². The van der Waals surface area contributed by atoms with Crippen molar-refractivity contribution < 1.29 is 18.3 Å². The molecule has 6 heteroatoms. The number of carbonyl (C=O) groups excluding carboxylic acids is 1. The normalized spacial score (nSPS) is 11.3. The summed E-state index contributed by atoms with van der Waals surface area (Å²) in [5.41, 5.74) is -1.56. The number of esters is 1. The van der Waals surface area contributed by atoms with E-state index in [9.17, 15) is 13.6 Å². The Hall–Kier alpha value is -1.30. The molecule has 0 unspecified atom stereocenters. The largest absolute Gasteiger partial charge is 0.456 e. The molecule has 0 atom stereocenters. The molecule has 1 aromatic heterocycles.